The molecule has 3 heterocycles. The van der Waals surface area contributed by atoms with Crippen molar-refractivity contribution >= 4 is 5.69 Å². The van der Waals surface area contributed by atoms with Gasteiger partial charge < -0.3 is 5.32 Å². The van der Waals surface area contributed by atoms with E-state index in [1.165, 1.54) is 0 Å². The average Bonchev–Trinajstić information content (AvgIpc) is 3.35. The van der Waals surface area contributed by atoms with Crippen LogP contribution in [0, 0.1) is 0 Å². The second kappa shape index (κ2) is 10.2. The van der Waals surface area contributed by atoms with Crippen molar-refractivity contribution in [3.05, 3.63) is 71.5 Å². The Morgan fingerprint density at radius 2 is 1.86 bits per heavy atom. The molecular weight excluding hydrogens is 470 g/mol. The lowest BCUT2D eigenvalue weighted by Crippen LogP contribution is -2.54. The molecule has 1 aromatic heterocycles. The number of hydrogen-bond acceptors (Lipinski definition) is 4. The Morgan fingerprint density at radius 3 is 2.53 bits per heavy atom. The molecule has 0 radical (unpaired) electrons. The minimum absolute atomic E-state index is 0.271. The number of aromatic nitrogens is 2. The topological polar surface area (TPSA) is 47.2 Å². The van der Waals surface area contributed by atoms with E-state index in [-0.39, 0.29) is 12.7 Å². The number of alkyl halides is 4. The van der Waals surface area contributed by atoms with Crippen molar-refractivity contribution in [1.29, 1.82) is 0 Å². The van der Waals surface area contributed by atoms with Gasteiger partial charge in [-0.3, -0.25) is 19.3 Å². The highest BCUT2D eigenvalue weighted by Crippen LogP contribution is 2.41. The zero-order chi connectivity index (χ0) is 25.3. The van der Waals surface area contributed by atoms with Crippen molar-refractivity contribution < 1.29 is 17.6 Å². The molecule has 36 heavy (non-hydrogen) atoms. The smallest absolute Gasteiger partial charge is 0.380 e. The molecule has 2 atom stereocenters. The number of aromatic amines is 1. The van der Waals surface area contributed by atoms with Gasteiger partial charge in [0.2, 0.25) is 0 Å². The lowest BCUT2D eigenvalue weighted by Gasteiger charge is -2.43. The Bertz CT molecular complexity index is 1140. The number of hydrogen-bond donors (Lipinski definition) is 2. The molecule has 0 saturated carbocycles. The molecule has 5 rings (SSSR count). The largest absolute Gasteiger partial charge is 0.401 e. The second-order valence-electron chi connectivity index (χ2n) is 9.91. The van der Waals surface area contributed by atoms with Crippen molar-refractivity contribution in [3.63, 3.8) is 0 Å². The van der Waals surface area contributed by atoms with E-state index in [9.17, 15) is 17.6 Å². The first kappa shape index (κ1) is 24.8. The predicted molar refractivity (Wildman–Crippen MR) is 133 cm³/mol. The summed E-state index contributed by atoms with van der Waals surface area (Å²) in [6.45, 7) is 3.12. The van der Waals surface area contributed by atoms with Crippen molar-refractivity contribution in [1.82, 2.24) is 20.0 Å². The first-order chi connectivity index (χ1) is 17.3. The van der Waals surface area contributed by atoms with Crippen LogP contribution in [0.2, 0.25) is 0 Å². The molecule has 0 bridgehead atoms. The van der Waals surface area contributed by atoms with Crippen molar-refractivity contribution in [2.45, 2.75) is 44.1 Å². The number of benzene rings is 2. The first-order valence-electron chi connectivity index (χ1n) is 12.4. The van der Waals surface area contributed by atoms with Gasteiger partial charge in [0, 0.05) is 43.1 Å². The summed E-state index contributed by atoms with van der Waals surface area (Å²) in [4.78, 5) is 3.77. The number of anilines is 1. The van der Waals surface area contributed by atoms with E-state index >= 15 is 0 Å². The highest BCUT2D eigenvalue weighted by Gasteiger charge is 2.40. The van der Waals surface area contributed by atoms with Crippen molar-refractivity contribution in [2.24, 2.45) is 0 Å². The Kier molecular flexibility index (Phi) is 7.03. The van der Waals surface area contributed by atoms with Crippen LogP contribution in [-0.2, 0) is 6.42 Å². The standard InChI is InChI=1S/C27H31F4N5/c1-18-11-21-12-20(22-13-32-33-14-22)5-8-25(21)26(36(18)17-27(29,30)31)19-3-6-23(7-4-19)34-24-15-35(16-24)10-2-9-28/h3-8,12-14,18,24,26,34H,2,9-11,15-17H2,1H3,(H,32,33)/t18-,26-/m1/s1. The summed E-state index contributed by atoms with van der Waals surface area (Å²) >= 11 is 0. The fraction of sp³-hybridized carbons (Fsp3) is 0.444. The molecule has 1 saturated heterocycles. The van der Waals surface area contributed by atoms with Crippen molar-refractivity contribution in [2.75, 3.05) is 38.2 Å². The Balaban J connectivity index is 1.39. The lowest BCUT2D eigenvalue weighted by atomic mass is 9.83. The molecule has 9 heteroatoms. The zero-order valence-corrected chi connectivity index (χ0v) is 20.2. The summed E-state index contributed by atoms with van der Waals surface area (Å²) in [6.07, 6.45) is 0.375. The number of fused-ring (bicyclic) bond motifs is 1. The van der Waals surface area contributed by atoms with Gasteiger partial charge in [-0.05, 0) is 54.2 Å². The molecule has 1 fully saturated rings. The summed E-state index contributed by atoms with van der Waals surface area (Å²) in [7, 11) is 0. The molecule has 0 aliphatic carbocycles. The molecule has 0 amide bonds. The molecule has 5 nitrogen and oxygen atoms in total. The Morgan fingerprint density at radius 1 is 1.08 bits per heavy atom. The molecule has 192 valence electrons. The van der Waals surface area contributed by atoms with Crippen LogP contribution in [0.3, 0.4) is 0 Å². The summed E-state index contributed by atoms with van der Waals surface area (Å²) in [5.41, 5.74) is 5.71. The molecule has 2 aliphatic rings. The fourth-order valence-corrected chi connectivity index (χ4v) is 5.46. The average molecular weight is 502 g/mol. The maximum absolute atomic E-state index is 13.6. The lowest BCUT2D eigenvalue weighted by molar-refractivity contribution is -0.155. The van der Waals surface area contributed by atoms with Gasteiger partial charge in [-0.2, -0.15) is 18.3 Å². The quantitative estimate of drug-likeness (QED) is 0.404. The molecule has 2 N–H and O–H groups in total. The van der Waals surface area contributed by atoms with Crippen molar-refractivity contribution in [3.8, 4) is 11.1 Å². The third kappa shape index (κ3) is 5.42. The van der Waals surface area contributed by atoms with E-state index < -0.39 is 18.8 Å². The summed E-state index contributed by atoms with van der Waals surface area (Å²) in [5, 5.41) is 10.3. The summed E-state index contributed by atoms with van der Waals surface area (Å²) < 4.78 is 53.2. The minimum atomic E-state index is -4.29. The molecule has 0 unspecified atom stereocenters. The van der Waals surface area contributed by atoms with Gasteiger partial charge in [-0.25, -0.2) is 0 Å². The van der Waals surface area contributed by atoms with Crippen LogP contribution >= 0.6 is 0 Å². The first-order valence-corrected chi connectivity index (χ1v) is 12.4. The van der Waals surface area contributed by atoms with E-state index in [1.807, 2.05) is 49.5 Å². The third-order valence-corrected chi connectivity index (χ3v) is 7.21. The summed E-state index contributed by atoms with van der Waals surface area (Å²) in [6, 6.07) is 13.3. The third-order valence-electron chi connectivity index (χ3n) is 7.21. The number of halogens is 4. The maximum Gasteiger partial charge on any atom is 0.401 e. The van der Waals surface area contributed by atoms with Gasteiger partial charge in [-0.15, -0.1) is 0 Å². The highest BCUT2D eigenvalue weighted by atomic mass is 19.4. The van der Waals surface area contributed by atoms with Crippen LogP contribution in [0.25, 0.3) is 11.1 Å². The minimum Gasteiger partial charge on any atom is -0.380 e. The van der Waals surface area contributed by atoms with Gasteiger partial charge in [0.25, 0.3) is 0 Å². The van der Waals surface area contributed by atoms with E-state index in [0.29, 0.717) is 18.9 Å². The molecule has 3 aromatic rings. The van der Waals surface area contributed by atoms with Gasteiger partial charge in [0.15, 0.2) is 0 Å². The van der Waals surface area contributed by atoms with Crippen LogP contribution in [0.15, 0.2) is 54.9 Å². The molecule has 0 spiro atoms. The highest BCUT2D eigenvalue weighted by molar-refractivity contribution is 5.64. The van der Waals surface area contributed by atoms with E-state index in [1.54, 1.807) is 11.1 Å². The predicted octanol–water partition coefficient (Wildman–Crippen LogP) is 5.43. The van der Waals surface area contributed by atoms with Crippen LogP contribution in [0.5, 0.6) is 0 Å². The monoisotopic (exact) mass is 501 g/mol. The normalized spacial score (nSPS) is 21.2. The number of likely N-dealkylation sites (tertiary alicyclic amines) is 1. The number of H-pyrrole nitrogens is 1. The van der Waals surface area contributed by atoms with E-state index in [2.05, 4.69) is 26.5 Å². The maximum atomic E-state index is 13.6. The van der Waals surface area contributed by atoms with Gasteiger partial charge in [-0.1, -0.05) is 30.3 Å². The summed E-state index contributed by atoms with van der Waals surface area (Å²) in [5.74, 6) is 0. The molecule has 2 aliphatic heterocycles. The van der Waals surface area contributed by atoms with Gasteiger partial charge in [0.05, 0.1) is 31.5 Å². The molecular formula is C27H31F4N5. The number of nitrogens with zero attached hydrogens (tertiary/aromatic N) is 3. The van der Waals surface area contributed by atoms with Crippen LogP contribution in [0.1, 0.15) is 36.1 Å². The van der Waals surface area contributed by atoms with E-state index in [0.717, 1.165) is 53.1 Å². The van der Waals surface area contributed by atoms with Gasteiger partial charge >= 0.3 is 6.18 Å². The number of nitrogens with one attached hydrogen (secondary N) is 2. The SMILES string of the molecule is C[C@@H]1Cc2cc(-c3cn[nH]c3)ccc2[C@@H](c2ccc(NC3CN(CCCF)C3)cc2)N1CC(F)(F)F. The van der Waals surface area contributed by atoms with Crippen LogP contribution in [0.4, 0.5) is 23.2 Å². The second-order valence-corrected chi connectivity index (χ2v) is 9.91. The van der Waals surface area contributed by atoms with E-state index in [4.69, 9.17) is 0 Å². The zero-order valence-electron chi connectivity index (χ0n) is 20.2. The van der Waals surface area contributed by atoms with Crippen LogP contribution in [-0.4, -0.2) is 71.1 Å². The Hall–Kier alpha value is -2.91. The fourth-order valence-electron chi connectivity index (χ4n) is 5.46. The molecule has 2 aromatic carbocycles. The van der Waals surface area contributed by atoms with Crippen LogP contribution < -0.4 is 5.32 Å². The number of rotatable bonds is 8. The van der Waals surface area contributed by atoms with Gasteiger partial charge in [0.1, 0.15) is 0 Å². The Labute approximate surface area is 208 Å².